The molecule has 0 aliphatic rings. The van der Waals surface area contributed by atoms with Gasteiger partial charge in [-0.15, -0.1) is 0 Å². The maximum atomic E-state index is 13.3. The largest absolute Gasteiger partial charge is 0.207 e. The SMILES string of the molecule is Cc1cc2ccccc2[s+]1-c1cccc(F)c1. The predicted octanol–water partition coefficient (Wildman–Crippen LogP) is 5.03. The first-order chi connectivity index (χ1) is 8.25. The fourth-order valence-electron chi connectivity index (χ4n) is 2.14. The van der Waals surface area contributed by atoms with Gasteiger partial charge in [0, 0.05) is 34.9 Å². The Labute approximate surface area is 102 Å². The van der Waals surface area contributed by atoms with E-state index < -0.39 is 0 Å². The first-order valence-corrected chi connectivity index (χ1v) is 6.75. The highest BCUT2D eigenvalue weighted by Crippen LogP contribution is 2.43. The van der Waals surface area contributed by atoms with Crippen LogP contribution in [0.3, 0.4) is 0 Å². The summed E-state index contributed by atoms with van der Waals surface area (Å²) in [5.74, 6) is -0.160. The van der Waals surface area contributed by atoms with Gasteiger partial charge in [0.25, 0.3) is 0 Å². The lowest BCUT2D eigenvalue weighted by atomic mass is 10.2. The van der Waals surface area contributed by atoms with Crippen molar-refractivity contribution in [1.29, 1.82) is 0 Å². The molecule has 0 nitrogen and oxygen atoms in total. The van der Waals surface area contributed by atoms with Crippen LogP contribution >= 0.6 is 10.5 Å². The van der Waals surface area contributed by atoms with Crippen molar-refractivity contribution < 1.29 is 4.39 Å². The van der Waals surface area contributed by atoms with Gasteiger partial charge < -0.3 is 0 Å². The number of fused-ring (bicyclic) bond motifs is 1. The third-order valence-electron chi connectivity index (χ3n) is 2.85. The van der Waals surface area contributed by atoms with Gasteiger partial charge in [-0.05, 0) is 24.3 Å². The second-order valence-corrected chi connectivity index (χ2v) is 6.22. The van der Waals surface area contributed by atoms with Crippen LogP contribution in [0.4, 0.5) is 4.39 Å². The quantitative estimate of drug-likeness (QED) is 0.526. The van der Waals surface area contributed by atoms with Crippen LogP contribution in [0.25, 0.3) is 15.0 Å². The smallest absolute Gasteiger partial charge is 0.186 e. The molecule has 3 rings (SSSR count). The van der Waals surface area contributed by atoms with Crippen LogP contribution in [-0.2, 0) is 0 Å². The summed E-state index contributed by atoms with van der Waals surface area (Å²) in [7, 11) is -0.0995. The minimum atomic E-state index is -0.160. The van der Waals surface area contributed by atoms with E-state index in [1.54, 1.807) is 12.1 Å². The van der Waals surface area contributed by atoms with Crippen molar-refractivity contribution in [1.82, 2.24) is 0 Å². The van der Waals surface area contributed by atoms with Gasteiger partial charge in [-0.2, -0.15) is 0 Å². The normalized spacial score (nSPS) is 12.0. The topological polar surface area (TPSA) is 0 Å². The molecule has 0 fully saturated rings. The predicted molar refractivity (Wildman–Crippen MR) is 72.5 cm³/mol. The Kier molecular flexibility index (Phi) is 2.45. The zero-order chi connectivity index (χ0) is 11.8. The summed E-state index contributed by atoms with van der Waals surface area (Å²) in [5.41, 5.74) is 0. The van der Waals surface area contributed by atoms with Gasteiger partial charge in [0.1, 0.15) is 5.82 Å². The van der Waals surface area contributed by atoms with Gasteiger partial charge in [0.2, 0.25) is 0 Å². The maximum Gasteiger partial charge on any atom is 0.186 e. The van der Waals surface area contributed by atoms with Crippen LogP contribution < -0.4 is 0 Å². The zero-order valence-corrected chi connectivity index (χ0v) is 10.3. The third-order valence-corrected chi connectivity index (χ3v) is 5.15. The van der Waals surface area contributed by atoms with E-state index in [1.807, 2.05) is 18.2 Å². The number of hydrogen-bond acceptors (Lipinski definition) is 0. The van der Waals surface area contributed by atoms with Crippen LogP contribution in [0.5, 0.6) is 0 Å². The number of rotatable bonds is 1. The number of thiophene rings is 1. The molecule has 0 spiro atoms. The molecule has 0 bridgehead atoms. The van der Waals surface area contributed by atoms with Crippen LogP contribution in [0.15, 0.2) is 54.6 Å². The van der Waals surface area contributed by atoms with Crippen LogP contribution in [0.1, 0.15) is 4.88 Å². The van der Waals surface area contributed by atoms with Crippen molar-refractivity contribution in [2.75, 3.05) is 0 Å². The van der Waals surface area contributed by atoms with Gasteiger partial charge in [-0.1, -0.05) is 18.2 Å². The van der Waals surface area contributed by atoms with E-state index >= 15 is 0 Å². The molecule has 0 amide bonds. The second-order valence-electron chi connectivity index (χ2n) is 4.06. The lowest BCUT2D eigenvalue weighted by Gasteiger charge is -1.93. The molecule has 2 heteroatoms. The van der Waals surface area contributed by atoms with Gasteiger partial charge in [0.15, 0.2) is 14.5 Å². The summed E-state index contributed by atoms with van der Waals surface area (Å²) >= 11 is 0. The number of halogens is 1. The fourth-order valence-corrected chi connectivity index (χ4v) is 4.38. The molecule has 1 atom stereocenters. The van der Waals surface area contributed by atoms with Crippen LogP contribution in [-0.4, -0.2) is 0 Å². The monoisotopic (exact) mass is 243 g/mol. The van der Waals surface area contributed by atoms with Gasteiger partial charge in [-0.25, -0.2) is 4.39 Å². The molecule has 0 N–H and O–H groups in total. The van der Waals surface area contributed by atoms with Gasteiger partial charge in [-0.3, -0.25) is 0 Å². The van der Waals surface area contributed by atoms with Crippen molar-refractivity contribution in [3.05, 3.63) is 65.3 Å². The molecule has 0 radical (unpaired) electrons. The lowest BCUT2D eigenvalue weighted by molar-refractivity contribution is 0.629. The van der Waals surface area contributed by atoms with Crippen molar-refractivity contribution >= 4 is 20.6 Å². The van der Waals surface area contributed by atoms with Crippen molar-refractivity contribution in [3.8, 4) is 4.90 Å². The van der Waals surface area contributed by atoms with Crippen molar-refractivity contribution in [2.45, 2.75) is 6.92 Å². The Morgan fingerprint density at radius 1 is 0.941 bits per heavy atom. The van der Waals surface area contributed by atoms with E-state index in [2.05, 4.69) is 25.1 Å². The zero-order valence-electron chi connectivity index (χ0n) is 9.48. The summed E-state index contributed by atoms with van der Waals surface area (Å²) in [6.07, 6.45) is 0. The first-order valence-electron chi connectivity index (χ1n) is 5.53. The van der Waals surface area contributed by atoms with Crippen molar-refractivity contribution in [2.24, 2.45) is 0 Å². The minimum absolute atomic E-state index is 0.0995. The first kappa shape index (κ1) is 10.5. The molecule has 0 saturated heterocycles. The van der Waals surface area contributed by atoms with E-state index in [0.717, 1.165) is 4.90 Å². The molecule has 0 aliphatic carbocycles. The Morgan fingerprint density at radius 3 is 2.59 bits per heavy atom. The van der Waals surface area contributed by atoms with E-state index in [4.69, 9.17) is 0 Å². The van der Waals surface area contributed by atoms with E-state index in [0.29, 0.717) is 0 Å². The molecule has 0 saturated carbocycles. The minimum Gasteiger partial charge on any atom is -0.207 e. The average molecular weight is 243 g/mol. The molecular formula is C15H12FS+. The highest BCUT2D eigenvalue weighted by Gasteiger charge is 2.19. The van der Waals surface area contributed by atoms with Gasteiger partial charge >= 0.3 is 0 Å². The van der Waals surface area contributed by atoms with Crippen LogP contribution in [0.2, 0.25) is 0 Å². The Bertz CT molecular complexity index is 682. The molecule has 1 heterocycles. The summed E-state index contributed by atoms with van der Waals surface area (Å²) in [5, 5.41) is 1.26. The molecule has 84 valence electrons. The molecule has 1 unspecified atom stereocenters. The average Bonchev–Trinajstić information content (AvgIpc) is 2.64. The third kappa shape index (κ3) is 1.75. The van der Waals surface area contributed by atoms with Crippen LogP contribution in [0, 0.1) is 12.7 Å². The van der Waals surface area contributed by atoms with E-state index in [1.165, 1.54) is 21.0 Å². The molecule has 0 aliphatic heterocycles. The highest BCUT2D eigenvalue weighted by atomic mass is 32.2. The summed E-state index contributed by atoms with van der Waals surface area (Å²) in [6, 6.07) is 17.5. The molecular weight excluding hydrogens is 231 g/mol. The Morgan fingerprint density at radius 2 is 1.76 bits per heavy atom. The van der Waals surface area contributed by atoms with E-state index in [9.17, 15) is 4.39 Å². The molecule has 1 aromatic heterocycles. The summed E-state index contributed by atoms with van der Waals surface area (Å²) < 4.78 is 14.6. The number of benzene rings is 2. The number of hydrogen-bond donors (Lipinski definition) is 0. The van der Waals surface area contributed by atoms with E-state index in [-0.39, 0.29) is 16.3 Å². The fraction of sp³-hybridized carbons (Fsp3) is 0.0667. The Balaban J connectivity index is 2.33. The molecule has 3 aromatic rings. The van der Waals surface area contributed by atoms with Crippen molar-refractivity contribution in [3.63, 3.8) is 0 Å². The molecule has 17 heavy (non-hydrogen) atoms. The maximum absolute atomic E-state index is 13.3. The Hall–Kier alpha value is -1.67. The van der Waals surface area contributed by atoms with Gasteiger partial charge in [0.05, 0.1) is 0 Å². The summed E-state index contributed by atoms with van der Waals surface area (Å²) in [4.78, 5) is 2.36. The number of aryl methyl sites for hydroxylation is 1. The molecule has 2 aromatic carbocycles. The second kappa shape index (κ2) is 3.97. The standard InChI is InChI=1S/C15H12FS/c1-11-9-12-5-2-3-8-15(12)17(11)14-7-4-6-13(16)10-14/h2-10H,1H3/q+1. The summed E-state index contributed by atoms with van der Waals surface area (Å²) in [6.45, 7) is 2.12. The lowest BCUT2D eigenvalue weighted by Crippen LogP contribution is -1.75. The highest BCUT2D eigenvalue weighted by molar-refractivity contribution is 7.45.